The summed E-state index contributed by atoms with van der Waals surface area (Å²) in [6.07, 6.45) is 3.86. The van der Waals surface area contributed by atoms with E-state index in [1.165, 1.54) is 0 Å². The molecule has 0 radical (unpaired) electrons. The first-order chi connectivity index (χ1) is 7.58. The molecule has 1 aromatic rings. The lowest BCUT2D eigenvalue weighted by Gasteiger charge is -2.26. The first kappa shape index (κ1) is 11.6. The number of hydrogen-bond acceptors (Lipinski definition) is 3. The summed E-state index contributed by atoms with van der Waals surface area (Å²) >= 11 is 6.22. The van der Waals surface area contributed by atoms with E-state index in [0.717, 1.165) is 25.7 Å². The van der Waals surface area contributed by atoms with Crippen LogP contribution in [0.15, 0.2) is 12.1 Å². The standard InChI is InChI=1S/C12H16ClNO2/c1-16-9-5-4-8(15)10(11(9)13)12(14)6-2-3-7-12/h4-5,15H,2-3,6-7,14H2,1H3. The molecule has 0 aliphatic heterocycles. The molecule has 1 fully saturated rings. The van der Waals surface area contributed by atoms with E-state index in [1.807, 2.05) is 0 Å². The Bertz CT molecular complexity index is 400. The topological polar surface area (TPSA) is 55.5 Å². The zero-order valence-electron chi connectivity index (χ0n) is 9.29. The highest BCUT2D eigenvalue weighted by atomic mass is 35.5. The van der Waals surface area contributed by atoms with Crippen molar-refractivity contribution in [3.05, 3.63) is 22.7 Å². The van der Waals surface area contributed by atoms with Gasteiger partial charge < -0.3 is 15.6 Å². The number of hydrogen-bond donors (Lipinski definition) is 2. The van der Waals surface area contributed by atoms with Crippen molar-refractivity contribution in [3.63, 3.8) is 0 Å². The fourth-order valence-electron chi connectivity index (χ4n) is 2.43. The summed E-state index contributed by atoms with van der Waals surface area (Å²) in [5.41, 5.74) is 6.43. The summed E-state index contributed by atoms with van der Waals surface area (Å²) < 4.78 is 5.15. The van der Waals surface area contributed by atoms with Gasteiger partial charge in [-0.05, 0) is 25.0 Å². The third-order valence-electron chi connectivity index (χ3n) is 3.30. The van der Waals surface area contributed by atoms with E-state index >= 15 is 0 Å². The molecule has 1 aliphatic rings. The van der Waals surface area contributed by atoms with Gasteiger partial charge in [0.2, 0.25) is 0 Å². The lowest BCUT2D eigenvalue weighted by molar-refractivity contribution is 0.391. The van der Waals surface area contributed by atoms with E-state index in [1.54, 1.807) is 19.2 Å². The van der Waals surface area contributed by atoms with Crippen molar-refractivity contribution in [2.24, 2.45) is 5.73 Å². The number of ether oxygens (including phenoxy) is 1. The van der Waals surface area contributed by atoms with Crippen LogP contribution in [0.5, 0.6) is 11.5 Å². The molecular weight excluding hydrogens is 226 g/mol. The van der Waals surface area contributed by atoms with Gasteiger partial charge in [-0.2, -0.15) is 0 Å². The lowest BCUT2D eigenvalue weighted by atomic mass is 9.88. The number of phenolic OH excluding ortho intramolecular Hbond substituents is 1. The summed E-state index contributed by atoms with van der Waals surface area (Å²) in [5.74, 6) is 0.724. The van der Waals surface area contributed by atoms with Gasteiger partial charge in [-0.3, -0.25) is 0 Å². The van der Waals surface area contributed by atoms with Crippen LogP contribution in [0.25, 0.3) is 0 Å². The lowest BCUT2D eigenvalue weighted by Crippen LogP contribution is -2.33. The minimum absolute atomic E-state index is 0.162. The fourth-order valence-corrected chi connectivity index (χ4v) is 2.86. The number of rotatable bonds is 2. The van der Waals surface area contributed by atoms with Crippen LogP contribution >= 0.6 is 11.6 Å². The predicted molar refractivity (Wildman–Crippen MR) is 64.0 cm³/mol. The maximum atomic E-state index is 9.92. The predicted octanol–water partition coefficient (Wildman–Crippen LogP) is 2.78. The molecule has 0 aromatic heterocycles. The molecule has 1 aromatic carbocycles. The third kappa shape index (κ3) is 1.74. The largest absolute Gasteiger partial charge is 0.508 e. The van der Waals surface area contributed by atoms with Crippen LogP contribution in [0.4, 0.5) is 0 Å². The van der Waals surface area contributed by atoms with Gasteiger partial charge in [-0.1, -0.05) is 24.4 Å². The minimum Gasteiger partial charge on any atom is -0.508 e. The second-order valence-electron chi connectivity index (χ2n) is 4.34. The number of methoxy groups -OCH3 is 1. The highest BCUT2D eigenvalue weighted by molar-refractivity contribution is 6.33. The van der Waals surface area contributed by atoms with E-state index in [9.17, 15) is 5.11 Å². The van der Waals surface area contributed by atoms with Crippen LogP contribution in [0.3, 0.4) is 0 Å². The van der Waals surface area contributed by atoms with Gasteiger partial charge in [-0.25, -0.2) is 0 Å². The van der Waals surface area contributed by atoms with Crippen LogP contribution in [0.2, 0.25) is 5.02 Å². The number of phenols is 1. The van der Waals surface area contributed by atoms with Gasteiger partial charge in [-0.15, -0.1) is 0 Å². The molecule has 0 atom stereocenters. The zero-order chi connectivity index (χ0) is 11.8. The molecule has 4 heteroatoms. The summed E-state index contributed by atoms with van der Waals surface area (Å²) in [6.45, 7) is 0. The highest BCUT2D eigenvalue weighted by Crippen LogP contribution is 2.46. The summed E-state index contributed by atoms with van der Waals surface area (Å²) in [5, 5.41) is 10.4. The number of nitrogens with two attached hydrogens (primary N) is 1. The molecule has 1 saturated carbocycles. The molecular formula is C12H16ClNO2. The van der Waals surface area contributed by atoms with Crippen LogP contribution in [-0.4, -0.2) is 12.2 Å². The van der Waals surface area contributed by atoms with Crippen molar-refractivity contribution in [1.82, 2.24) is 0 Å². The third-order valence-corrected chi connectivity index (χ3v) is 3.67. The Kier molecular flexibility index (Phi) is 3.00. The maximum Gasteiger partial charge on any atom is 0.138 e. The summed E-state index contributed by atoms with van der Waals surface area (Å²) in [6, 6.07) is 3.24. The molecule has 2 rings (SSSR count). The Labute approximate surface area is 100 Å². The first-order valence-electron chi connectivity index (χ1n) is 5.43. The first-order valence-corrected chi connectivity index (χ1v) is 5.81. The minimum atomic E-state index is -0.504. The normalized spacial score (nSPS) is 18.7. The average molecular weight is 242 g/mol. The van der Waals surface area contributed by atoms with E-state index in [0.29, 0.717) is 16.3 Å². The van der Waals surface area contributed by atoms with Gasteiger partial charge in [0.1, 0.15) is 11.5 Å². The molecule has 0 saturated heterocycles. The maximum absolute atomic E-state index is 9.92. The van der Waals surface area contributed by atoms with E-state index < -0.39 is 5.54 Å². The van der Waals surface area contributed by atoms with Crippen LogP contribution in [0.1, 0.15) is 31.2 Å². The van der Waals surface area contributed by atoms with Crippen molar-refractivity contribution in [1.29, 1.82) is 0 Å². The quantitative estimate of drug-likeness (QED) is 0.837. The van der Waals surface area contributed by atoms with E-state index in [2.05, 4.69) is 0 Å². The molecule has 3 nitrogen and oxygen atoms in total. The Balaban J connectivity index is 2.54. The number of halogens is 1. The molecule has 0 amide bonds. The van der Waals surface area contributed by atoms with Gasteiger partial charge in [0.05, 0.1) is 12.1 Å². The average Bonchev–Trinajstić information content (AvgIpc) is 2.66. The van der Waals surface area contributed by atoms with E-state index in [4.69, 9.17) is 22.1 Å². The summed E-state index contributed by atoms with van der Waals surface area (Å²) in [4.78, 5) is 0. The Morgan fingerprint density at radius 1 is 1.38 bits per heavy atom. The fraction of sp³-hybridized carbons (Fsp3) is 0.500. The number of aromatic hydroxyl groups is 1. The molecule has 88 valence electrons. The van der Waals surface area contributed by atoms with Crippen molar-refractivity contribution in [2.75, 3.05) is 7.11 Å². The highest BCUT2D eigenvalue weighted by Gasteiger charge is 2.36. The van der Waals surface area contributed by atoms with E-state index in [-0.39, 0.29) is 5.75 Å². The Hall–Kier alpha value is -0.930. The Morgan fingerprint density at radius 3 is 2.56 bits per heavy atom. The molecule has 0 heterocycles. The molecule has 0 spiro atoms. The van der Waals surface area contributed by atoms with Crippen molar-refractivity contribution >= 4 is 11.6 Å². The van der Waals surface area contributed by atoms with Crippen molar-refractivity contribution in [3.8, 4) is 11.5 Å². The van der Waals surface area contributed by atoms with Gasteiger partial charge in [0.25, 0.3) is 0 Å². The monoisotopic (exact) mass is 241 g/mol. The van der Waals surface area contributed by atoms with Crippen molar-refractivity contribution < 1.29 is 9.84 Å². The zero-order valence-corrected chi connectivity index (χ0v) is 10.0. The van der Waals surface area contributed by atoms with Crippen LogP contribution < -0.4 is 10.5 Å². The number of benzene rings is 1. The van der Waals surface area contributed by atoms with Gasteiger partial charge in [0, 0.05) is 11.1 Å². The Morgan fingerprint density at radius 2 is 2.00 bits per heavy atom. The molecule has 16 heavy (non-hydrogen) atoms. The molecule has 1 aliphatic carbocycles. The van der Waals surface area contributed by atoms with Gasteiger partial charge >= 0.3 is 0 Å². The second kappa shape index (κ2) is 4.15. The smallest absolute Gasteiger partial charge is 0.138 e. The van der Waals surface area contributed by atoms with Crippen molar-refractivity contribution in [2.45, 2.75) is 31.2 Å². The van der Waals surface area contributed by atoms with Crippen LogP contribution in [-0.2, 0) is 5.54 Å². The SMILES string of the molecule is COc1ccc(O)c(C2(N)CCCC2)c1Cl. The van der Waals surface area contributed by atoms with Crippen LogP contribution in [0, 0.1) is 0 Å². The molecule has 0 bridgehead atoms. The molecule has 0 unspecified atom stereocenters. The molecule has 3 N–H and O–H groups in total. The second-order valence-corrected chi connectivity index (χ2v) is 4.72. The summed E-state index contributed by atoms with van der Waals surface area (Å²) in [7, 11) is 1.56. The van der Waals surface area contributed by atoms with Gasteiger partial charge in [0.15, 0.2) is 0 Å².